The van der Waals surface area contributed by atoms with E-state index in [9.17, 15) is 4.21 Å². The van der Waals surface area contributed by atoms with Crippen molar-refractivity contribution >= 4 is 10.8 Å². The lowest BCUT2D eigenvalue weighted by Gasteiger charge is -2.12. The average Bonchev–Trinajstić information content (AvgIpc) is 2.37. The van der Waals surface area contributed by atoms with Crippen LogP contribution in [0.25, 0.3) is 0 Å². The molecule has 3 heteroatoms. The van der Waals surface area contributed by atoms with Gasteiger partial charge in [0.05, 0.1) is 0 Å². The minimum Gasteiger partial charge on any atom is -0.323 e. The number of hydrogen-bond acceptors (Lipinski definition) is 2. The van der Waals surface area contributed by atoms with Gasteiger partial charge in [-0.15, -0.1) is 0 Å². The van der Waals surface area contributed by atoms with Crippen LogP contribution in [-0.2, 0) is 17.2 Å². The van der Waals surface area contributed by atoms with E-state index in [4.69, 9.17) is 5.73 Å². The maximum atomic E-state index is 11.8. The maximum absolute atomic E-state index is 11.8. The van der Waals surface area contributed by atoms with E-state index < -0.39 is 10.8 Å². The second-order valence-electron chi connectivity index (χ2n) is 4.76. The number of unbranched alkanes of at least 4 members (excludes halogenated alkanes) is 1. The van der Waals surface area contributed by atoms with E-state index in [1.54, 1.807) is 0 Å². The first-order valence-corrected chi connectivity index (χ1v) is 8.35. The summed E-state index contributed by atoms with van der Waals surface area (Å²) in [6.07, 6.45) is 4.38. The topological polar surface area (TPSA) is 43.1 Å². The van der Waals surface area contributed by atoms with Crippen LogP contribution in [0.4, 0.5) is 0 Å². The minimum atomic E-state index is -0.784. The molecule has 2 unspecified atom stereocenters. The normalized spacial score (nSPS) is 14.4. The molecular formula is C15H25NOS. The summed E-state index contributed by atoms with van der Waals surface area (Å²) in [5.74, 6) is 1.35. The Morgan fingerprint density at radius 1 is 1.17 bits per heavy atom. The zero-order valence-corrected chi connectivity index (χ0v) is 12.3. The zero-order valence-electron chi connectivity index (χ0n) is 11.5. The van der Waals surface area contributed by atoms with Gasteiger partial charge in [0.1, 0.15) is 0 Å². The van der Waals surface area contributed by atoms with Crippen LogP contribution in [-0.4, -0.2) is 15.7 Å². The number of hydrogen-bond donors (Lipinski definition) is 1. The molecule has 2 atom stereocenters. The van der Waals surface area contributed by atoms with Crippen LogP contribution in [0.2, 0.25) is 0 Å². The highest BCUT2D eigenvalue weighted by atomic mass is 32.2. The Morgan fingerprint density at radius 2 is 1.83 bits per heavy atom. The Kier molecular flexibility index (Phi) is 7.21. The Hall–Kier alpha value is -0.670. The molecule has 0 heterocycles. The molecule has 1 aromatic carbocycles. The molecule has 0 fully saturated rings. The summed E-state index contributed by atoms with van der Waals surface area (Å²) in [4.78, 5) is 0. The second-order valence-corrected chi connectivity index (χ2v) is 6.38. The summed E-state index contributed by atoms with van der Waals surface area (Å²) in [6.45, 7) is 4.29. The quantitative estimate of drug-likeness (QED) is 0.786. The van der Waals surface area contributed by atoms with Crippen LogP contribution in [0, 0.1) is 0 Å². The SMILES string of the molecule is CCCCS(=O)CC(N)c1ccc(CCC)cc1. The largest absolute Gasteiger partial charge is 0.323 e. The van der Waals surface area contributed by atoms with Crippen LogP contribution in [0.1, 0.15) is 50.3 Å². The predicted octanol–water partition coefficient (Wildman–Crippen LogP) is 3.19. The third kappa shape index (κ3) is 5.32. The van der Waals surface area contributed by atoms with Crippen LogP contribution in [0.15, 0.2) is 24.3 Å². The lowest BCUT2D eigenvalue weighted by Crippen LogP contribution is -2.19. The molecule has 0 radical (unpaired) electrons. The smallest absolute Gasteiger partial charge is 0.0428 e. The number of rotatable bonds is 8. The Labute approximate surface area is 113 Å². The molecule has 0 bridgehead atoms. The highest BCUT2D eigenvalue weighted by molar-refractivity contribution is 7.85. The molecule has 0 saturated carbocycles. The van der Waals surface area contributed by atoms with Gasteiger partial charge in [0.25, 0.3) is 0 Å². The van der Waals surface area contributed by atoms with Crippen LogP contribution in [0.5, 0.6) is 0 Å². The van der Waals surface area contributed by atoms with Crippen molar-refractivity contribution in [3.63, 3.8) is 0 Å². The van der Waals surface area contributed by atoms with Gasteiger partial charge >= 0.3 is 0 Å². The molecule has 102 valence electrons. The fourth-order valence-electron chi connectivity index (χ4n) is 1.91. The molecule has 0 aromatic heterocycles. The van der Waals surface area contributed by atoms with E-state index in [1.165, 1.54) is 5.56 Å². The predicted molar refractivity (Wildman–Crippen MR) is 80.1 cm³/mol. The second kappa shape index (κ2) is 8.44. The Morgan fingerprint density at radius 3 is 2.39 bits per heavy atom. The van der Waals surface area contributed by atoms with Gasteiger partial charge in [-0.2, -0.15) is 0 Å². The van der Waals surface area contributed by atoms with Crippen molar-refractivity contribution in [1.82, 2.24) is 0 Å². The van der Waals surface area contributed by atoms with Gasteiger partial charge < -0.3 is 5.73 Å². The minimum absolute atomic E-state index is 0.0987. The van der Waals surface area contributed by atoms with E-state index in [0.29, 0.717) is 5.75 Å². The zero-order chi connectivity index (χ0) is 13.4. The molecule has 2 nitrogen and oxygen atoms in total. The van der Waals surface area contributed by atoms with Crippen molar-refractivity contribution < 1.29 is 4.21 Å². The summed E-state index contributed by atoms with van der Waals surface area (Å²) in [6, 6.07) is 8.32. The Bertz CT molecular complexity index is 361. The fraction of sp³-hybridized carbons (Fsp3) is 0.600. The summed E-state index contributed by atoms with van der Waals surface area (Å²) < 4.78 is 11.8. The van der Waals surface area contributed by atoms with Crippen LogP contribution >= 0.6 is 0 Å². The van der Waals surface area contributed by atoms with E-state index in [0.717, 1.165) is 37.0 Å². The summed E-state index contributed by atoms with van der Waals surface area (Å²) >= 11 is 0. The maximum Gasteiger partial charge on any atom is 0.0428 e. The molecule has 0 amide bonds. The summed E-state index contributed by atoms with van der Waals surface area (Å²) in [5.41, 5.74) is 8.54. The number of benzene rings is 1. The van der Waals surface area contributed by atoms with Gasteiger partial charge in [-0.25, -0.2) is 0 Å². The van der Waals surface area contributed by atoms with Gasteiger partial charge in [0.15, 0.2) is 0 Å². The lowest BCUT2D eigenvalue weighted by atomic mass is 10.0. The third-order valence-corrected chi connectivity index (χ3v) is 4.51. The molecule has 0 spiro atoms. The highest BCUT2D eigenvalue weighted by Crippen LogP contribution is 2.14. The third-order valence-electron chi connectivity index (χ3n) is 3.04. The van der Waals surface area contributed by atoms with Crippen molar-refractivity contribution in [3.05, 3.63) is 35.4 Å². The van der Waals surface area contributed by atoms with E-state index in [-0.39, 0.29) is 6.04 Å². The first kappa shape index (κ1) is 15.4. The van der Waals surface area contributed by atoms with E-state index in [2.05, 4.69) is 38.1 Å². The van der Waals surface area contributed by atoms with Crippen molar-refractivity contribution in [2.24, 2.45) is 5.73 Å². The number of nitrogens with two attached hydrogens (primary N) is 1. The van der Waals surface area contributed by atoms with Gasteiger partial charge in [-0.3, -0.25) is 4.21 Å². The molecular weight excluding hydrogens is 242 g/mol. The van der Waals surface area contributed by atoms with E-state index >= 15 is 0 Å². The molecule has 0 aliphatic carbocycles. The van der Waals surface area contributed by atoms with Crippen LogP contribution < -0.4 is 5.73 Å². The molecule has 1 aromatic rings. The first-order valence-electron chi connectivity index (χ1n) is 6.86. The molecule has 1 rings (SSSR count). The molecule has 2 N–H and O–H groups in total. The number of aryl methyl sites for hydroxylation is 1. The molecule has 18 heavy (non-hydrogen) atoms. The van der Waals surface area contributed by atoms with Gasteiger partial charge in [0, 0.05) is 28.3 Å². The van der Waals surface area contributed by atoms with Crippen LogP contribution in [0.3, 0.4) is 0 Å². The van der Waals surface area contributed by atoms with Crippen molar-refractivity contribution in [1.29, 1.82) is 0 Å². The summed E-state index contributed by atoms with van der Waals surface area (Å²) in [5, 5.41) is 0. The van der Waals surface area contributed by atoms with E-state index in [1.807, 2.05) is 0 Å². The highest BCUT2D eigenvalue weighted by Gasteiger charge is 2.10. The summed E-state index contributed by atoms with van der Waals surface area (Å²) in [7, 11) is -0.784. The van der Waals surface area contributed by atoms with Crippen molar-refractivity contribution in [2.45, 2.75) is 45.6 Å². The van der Waals surface area contributed by atoms with Gasteiger partial charge in [-0.05, 0) is 24.0 Å². The fourth-order valence-corrected chi connectivity index (χ4v) is 3.28. The standard InChI is InChI=1S/C15H25NOS/c1-3-5-11-18(17)12-15(16)14-9-7-13(6-4-2)8-10-14/h7-10,15H,3-6,11-12,16H2,1-2H3. The molecule has 0 aliphatic heterocycles. The monoisotopic (exact) mass is 267 g/mol. The molecule has 0 aliphatic rings. The lowest BCUT2D eigenvalue weighted by molar-refractivity contribution is 0.671. The molecule has 0 saturated heterocycles. The van der Waals surface area contributed by atoms with Crippen molar-refractivity contribution in [2.75, 3.05) is 11.5 Å². The Balaban J connectivity index is 2.50. The first-order chi connectivity index (χ1) is 8.67. The van der Waals surface area contributed by atoms with Gasteiger partial charge in [-0.1, -0.05) is 51.0 Å². The van der Waals surface area contributed by atoms with Crippen molar-refractivity contribution in [3.8, 4) is 0 Å². The van der Waals surface area contributed by atoms with Gasteiger partial charge in [0.2, 0.25) is 0 Å². The average molecular weight is 267 g/mol.